The first-order valence-electron chi connectivity index (χ1n) is 8.74. The molecule has 2 aromatic carbocycles. The van der Waals surface area contributed by atoms with Gasteiger partial charge in [-0.15, -0.1) is 0 Å². The molecule has 0 atom stereocenters. The molecule has 1 aromatic heterocycles. The van der Waals surface area contributed by atoms with E-state index in [0.717, 1.165) is 11.1 Å². The first-order chi connectivity index (χ1) is 13.4. The molecule has 3 aromatic rings. The lowest BCUT2D eigenvalue weighted by atomic mass is 10.2. The van der Waals surface area contributed by atoms with Crippen LogP contribution in [0.25, 0.3) is 0 Å². The molecule has 0 aliphatic heterocycles. The van der Waals surface area contributed by atoms with Crippen molar-refractivity contribution in [2.45, 2.75) is 20.4 Å². The molecule has 3 rings (SSSR count). The molecule has 6 nitrogen and oxygen atoms in total. The van der Waals surface area contributed by atoms with Gasteiger partial charge < -0.3 is 15.4 Å². The van der Waals surface area contributed by atoms with E-state index in [4.69, 9.17) is 16.3 Å². The number of nitrogens with one attached hydrogen (secondary N) is 2. The van der Waals surface area contributed by atoms with Crippen molar-refractivity contribution >= 4 is 29.1 Å². The molecule has 0 radical (unpaired) electrons. The zero-order valence-electron chi connectivity index (χ0n) is 15.9. The van der Waals surface area contributed by atoms with E-state index in [1.54, 1.807) is 13.2 Å². The Morgan fingerprint density at radius 2 is 1.82 bits per heavy atom. The van der Waals surface area contributed by atoms with Crippen LogP contribution in [0.4, 0.5) is 11.6 Å². The molecule has 0 saturated carbocycles. The Bertz CT molecular complexity index is 990. The predicted molar refractivity (Wildman–Crippen MR) is 111 cm³/mol. The Morgan fingerprint density at radius 3 is 2.54 bits per heavy atom. The molecule has 1 heterocycles. The number of hydrogen-bond acceptors (Lipinski definition) is 5. The van der Waals surface area contributed by atoms with Crippen LogP contribution in [0.5, 0.6) is 5.75 Å². The second-order valence-electron chi connectivity index (χ2n) is 6.36. The van der Waals surface area contributed by atoms with E-state index in [0.29, 0.717) is 34.6 Å². The van der Waals surface area contributed by atoms with Crippen LogP contribution in [0.3, 0.4) is 0 Å². The summed E-state index contributed by atoms with van der Waals surface area (Å²) < 4.78 is 5.31. The molecule has 0 fully saturated rings. The standard InChI is InChI=1S/C21H21ClN4O2/c1-13-4-9-19(28-3)17(10-13)25-20(27)18-11-14(2)24-21(26-18)23-12-15-5-7-16(22)8-6-15/h4-11H,12H2,1-3H3,(H,25,27)(H,23,24,26). The van der Waals surface area contributed by atoms with Gasteiger partial charge in [0.05, 0.1) is 12.8 Å². The summed E-state index contributed by atoms with van der Waals surface area (Å²) >= 11 is 5.90. The number of methoxy groups -OCH3 is 1. The van der Waals surface area contributed by atoms with Crippen LogP contribution in [0.2, 0.25) is 5.02 Å². The maximum absolute atomic E-state index is 12.7. The molecule has 0 spiro atoms. The van der Waals surface area contributed by atoms with Crippen LogP contribution in [0, 0.1) is 13.8 Å². The summed E-state index contributed by atoms with van der Waals surface area (Å²) in [4.78, 5) is 21.4. The van der Waals surface area contributed by atoms with Gasteiger partial charge in [-0.2, -0.15) is 0 Å². The number of ether oxygens (including phenoxy) is 1. The van der Waals surface area contributed by atoms with Crippen LogP contribution in [-0.2, 0) is 6.54 Å². The monoisotopic (exact) mass is 396 g/mol. The van der Waals surface area contributed by atoms with Crippen molar-refractivity contribution in [1.82, 2.24) is 9.97 Å². The minimum absolute atomic E-state index is 0.273. The van der Waals surface area contributed by atoms with E-state index in [9.17, 15) is 4.79 Å². The lowest BCUT2D eigenvalue weighted by molar-refractivity contribution is 0.102. The van der Waals surface area contributed by atoms with E-state index < -0.39 is 0 Å². The van der Waals surface area contributed by atoms with Gasteiger partial charge in [0.1, 0.15) is 11.4 Å². The van der Waals surface area contributed by atoms with Gasteiger partial charge in [-0.05, 0) is 55.3 Å². The highest BCUT2D eigenvalue weighted by molar-refractivity contribution is 6.30. The summed E-state index contributed by atoms with van der Waals surface area (Å²) in [6.07, 6.45) is 0. The van der Waals surface area contributed by atoms with Crippen molar-refractivity contribution in [3.8, 4) is 5.75 Å². The van der Waals surface area contributed by atoms with Crippen LogP contribution in [0.1, 0.15) is 27.3 Å². The Kier molecular flexibility index (Phi) is 6.11. The highest BCUT2D eigenvalue weighted by atomic mass is 35.5. The highest BCUT2D eigenvalue weighted by Gasteiger charge is 2.13. The van der Waals surface area contributed by atoms with Gasteiger partial charge in [0, 0.05) is 17.3 Å². The van der Waals surface area contributed by atoms with Gasteiger partial charge in [-0.25, -0.2) is 9.97 Å². The smallest absolute Gasteiger partial charge is 0.274 e. The summed E-state index contributed by atoms with van der Waals surface area (Å²) in [5, 5.41) is 6.68. The van der Waals surface area contributed by atoms with Gasteiger partial charge in [0.15, 0.2) is 0 Å². The van der Waals surface area contributed by atoms with Crippen molar-refractivity contribution in [1.29, 1.82) is 0 Å². The van der Waals surface area contributed by atoms with Crippen LogP contribution in [0.15, 0.2) is 48.5 Å². The molecule has 0 aliphatic carbocycles. The number of anilines is 2. The third-order valence-corrected chi connectivity index (χ3v) is 4.31. The van der Waals surface area contributed by atoms with Crippen molar-refractivity contribution in [3.05, 3.63) is 76.1 Å². The second kappa shape index (κ2) is 8.71. The van der Waals surface area contributed by atoms with E-state index >= 15 is 0 Å². The first-order valence-corrected chi connectivity index (χ1v) is 9.12. The van der Waals surface area contributed by atoms with Gasteiger partial charge in [-0.1, -0.05) is 29.8 Å². The minimum Gasteiger partial charge on any atom is -0.495 e. The summed E-state index contributed by atoms with van der Waals surface area (Å²) in [5.41, 5.74) is 3.61. The summed E-state index contributed by atoms with van der Waals surface area (Å²) in [6, 6.07) is 14.7. The number of aromatic nitrogens is 2. The number of halogens is 1. The van der Waals surface area contributed by atoms with E-state index in [2.05, 4.69) is 20.6 Å². The van der Waals surface area contributed by atoms with Gasteiger partial charge in [0.2, 0.25) is 5.95 Å². The third kappa shape index (κ3) is 4.98. The van der Waals surface area contributed by atoms with Crippen LogP contribution >= 0.6 is 11.6 Å². The fraction of sp³-hybridized carbons (Fsp3) is 0.190. The summed E-state index contributed by atoms with van der Waals surface area (Å²) in [6.45, 7) is 4.29. The Hall–Kier alpha value is -3.12. The van der Waals surface area contributed by atoms with E-state index in [-0.39, 0.29) is 11.6 Å². The number of rotatable bonds is 6. The quantitative estimate of drug-likeness (QED) is 0.635. The van der Waals surface area contributed by atoms with Gasteiger partial charge in [0.25, 0.3) is 5.91 Å². The van der Waals surface area contributed by atoms with Crippen LogP contribution in [-0.4, -0.2) is 23.0 Å². The fourth-order valence-corrected chi connectivity index (χ4v) is 2.78. The third-order valence-electron chi connectivity index (χ3n) is 4.05. The predicted octanol–water partition coefficient (Wildman–Crippen LogP) is 4.62. The number of hydrogen-bond donors (Lipinski definition) is 2. The zero-order valence-corrected chi connectivity index (χ0v) is 16.7. The Balaban J connectivity index is 1.76. The lowest BCUT2D eigenvalue weighted by Crippen LogP contribution is -2.16. The summed E-state index contributed by atoms with van der Waals surface area (Å²) in [5.74, 6) is 0.645. The zero-order chi connectivity index (χ0) is 20.1. The molecule has 0 aliphatic rings. The molecule has 144 valence electrons. The van der Waals surface area contributed by atoms with E-state index in [1.807, 2.05) is 56.3 Å². The normalized spacial score (nSPS) is 10.4. The lowest BCUT2D eigenvalue weighted by Gasteiger charge is -2.12. The number of carbonyl (C=O) groups is 1. The van der Waals surface area contributed by atoms with Crippen LogP contribution < -0.4 is 15.4 Å². The minimum atomic E-state index is -0.330. The SMILES string of the molecule is COc1ccc(C)cc1NC(=O)c1cc(C)nc(NCc2ccc(Cl)cc2)n1. The Morgan fingerprint density at radius 1 is 1.07 bits per heavy atom. The number of carbonyl (C=O) groups excluding carboxylic acids is 1. The fourth-order valence-electron chi connectivity index (χ4n) is 2.65. The molecule has 0 unspecified atom stereocenters. The maximum Gasteiger partial charge on any atom is 0.274 e. The number of amides is 1. The average molecular weight is 397 g/mol. The summed E-state index contributed by atoms with van der Waals surface area (Å²) in [7, 11) is 1.56. The number of nitrogens with zero attached hydrogens (tertiary/aromatic N) is 2. The second-order valence-corrected chi connectivity index (χ2v) is 6.79. The van der Waals surface area contributed by atoms with Gasteiger partial charge >= 0.3 is 0 Å². The van der Waals surface area contributed by atoms with Gasteiger partial charge in [-0.3, -0.25) is 4.79 Å². The van der Waals surface area contributed by atoms with E-state index in [1.165, 1.54) is 0 Å². The number of benzene rings is 2. The maximum atomic E-state index is 12.7. The molecular formula is C21H21ClN4O2. The van der Waals surface area contributed by atoms with Crippen molar-refractivity contribution < 1.29 is 9.53 Å². The topological polar surface area (TPSA) is 76.1 Å². The largest absolute Gasteiger partial charge is 0.495 e. The van der Waals surface area contributed by atoms with Crippen molar-refractivity contribution in [3.63, 3.8) is 0 Å². The average Bonchev–Trinajstić information content (AvgIpc) is 2.67. The molecule has 2 N–H and O–H groups in total. The highest BCUT2D eigenvalue weighted by Crippen LogP contribution is 2.25. The molecule has 0 saturated heterocycles. The molecule has 28 heavy (non-hydrogen) atoms. The first kappa shape index (κ1) is 19.6. The molecular weight excluding hydrogens is 376 g/mol. The molecule has 1 amide bonds. The molecule has 7 heteroatoms. The van der Waals surface area contributed by atoms with Crippen molar-refractivity contribution in [2.24, 2.45) is 0 Å². The number of aryl methyl sites for hydroxylation is 2. The van der Waals surface area contributed by atoms with Crippen molar-refractivity contribution in [2.75, 3.05) is 17.7 Å². The molecule has 0 bridgehead atoms. The Labute approximate surface area is 168 Å².